The van der Waals surface area contributed by atoms with Crippen molar-refractivity contribution in [2.45, 2.75) is 23.7 Å². The second kappa shape index (κ2) is 11.2. The van der Waals surface area contributed by atoms with Gasteiger partial charge in [-0.3, -0.25) is 0 Å². The zero-order valence-corrected chi connectivity index (χ0v) is 23.9. The van der Waals surface area contributed by atoms with Gasteiger partial charge in [-0.2, -0.15) is 17.9 Å². The SMILES string of the molecule is CN1CCN(c2ccc(C3=NN(S(=O)(=O)c4ccc(OC(F)(F)F)cc4)C(c4ccc(N(C)C)cc4)C3)cc2)CC1. The number of halogens is 3. The first kappa shape index (κ1) is 28.7. The Labute approximate surface area is 238 Å². The number of sulfonamides is 1. The summed E-state index contributed by atoms with van der Waals surface area (Å²) < 4.78 is 70.4. The van der Waals surface area contributed by atoms with Crippen molar-refractivity contribution in [3.05, 3.63) is 83.9 Å². The number of ether oxygens (including phenoxy) is 1. The van der Waals surface area contributed by atoms with Gasteiger partial charge in [-0.25, -0.2) is 0 Å². The van der Waals surface area contributed by atoms with E-state index in [1.807, 2.05) is 67.5 Å². The minimum atomic E-state index is -4.88. The summed E-state index contributed by atoms with van der Waals surface area (Å²) in [5.74, 6) is -0.502. The molecule has 8 nitrogen and oxygen atoms in total. The van der Waals surface area contributed by atoms with Gasteiger partial charge < -0.3 is 19.4 Å². The van der Waals surface area contributed by atoms with Crippen LogP contribution in [0.2, 0.25) is 0 Å². The Hall–Kier alpha value is -3.77. The van der Waals surface area contributed by atoms with Gasteiger partial charge in [0, 0.05) is 58.1 Å². The van der Waals surface area contributed by atoms with Crippen LogP contribution in [0.5, 0.6) is 5.75 Å². The molecule has 0 saturated carbocycles. The number of hydrazone groups is 1. The fourth-order valence-electron chi connectivity index (χ4n) is 4.98. The van der Waals surface area contributed by atoms with E-state index in [0.717, 1.165) is 77.4 Å². The van der Waals surface area contributed by atoms with E-state index in [9.17, 15) is 21.6 Å². The van der Waals surface area contributed by atoms with E-state index in [2.05, 4.69) is 26.7 Å². The molecule has 1 fully saturated rings. The summed E-state index contributed by atoms with van der Waals surface area (Å²) >= 11 is 0. The van der Waals surface area contributed by atoms with Crippen molar-refractivity contribution in [2.24, 2.45) is 5.10 Å². The van der Waals surface area contributed by atoms with Gasteiger partial charge in [0.2, 0.25) is 0 Å². The average molecular weight is 588 g/mol. The molecule has 3 aromatic rings. The average Bonchev–Trinajstić information content (AvgIpc) is 3.40. The Balaban J connectivity index is 1.46. The first-order valence-electron chi connectivity index (χ1n) is 13.2. The van der Waals surface area contributed by atoms with Crippen LogP contribution in [-0.4, -0.2) is 77.1 Å². The number of nitrogens with zero attached hydrogens (tertiary/aromatic N) is 5. The van der Waals surface area contributed by atoms with Crippen molar-refractivity contribution in [3.63, 3.8) is 0 Å². The van der Waals surface area contributed by atoms with E-state index in [-0.39, 0.29) is 4.90 Å². The molecule has 0 amide bonds. The zero-order valence-electron chi connectivity index (χ0n) is 23.0. The predicted octanol–water partition coefficient (Wildman–Crippen LogP) is 4.94. The van der Waals surface area contributed by atoms with Crippen molar-refractivity contribution in [3.8, 4) is 5.75 Å². The van der Waals surface area contributed by atoms with Crippen molar-refractivity contribution >= 4 is 27.1 Å². The summed E-state index contributed by atoms with van der Waals surface area (Å²) in [4.78, 5) is 6.37. The summed E-state index contributed by atoms with van der Waals surface area (Å²) in [5.41, 5.74) is 4.23. The molecule has 12 heteroatoms. The van der Waals surface area contributed by atoms with Gasteiger partial charge >= 0.3 is 6.36 Å². The van der Waals surface area contributed by atoms with Gasteiger partial charge in [-0.1, -0.05) is 24.3 Å². The van der Waals surface area contributed by atoms with E-state index in [1.54, 1.807) is 0 Å². The van der Waals surface area contributed by atoms with Crippen molar-refractivity contribution in [1.29, 1.82) is 0 Å². The van der Waals surface area contributed by atoms with E-state index in [0.29, 0.717) is 12.1 Å². The lowest BCUT2D eigenvalue weighted by Gasteiger charge is -2.34. The molecule has 0 aliphatic carbocycles. The number of hydrogen-bond acceptors (Lipinski definition) is 7. The predicted molar refractivity (Wildman–Crippen MR) is 153 cm³/mol. The van der Waals surface area contributed by atoms with E-state index >= 15 is 0 Å². The third kappa shape index (κ3) is 6.43. The van der Waals surface area contributed by atoms with E-state index in [1.165, 1.54) is 0 Å². The number of benzene rings is 3. The highest BCUT2D eigenvalue weighted by atomic mass is 32.2. The van der Waals surface area contributed by atoms with Gasteiger partial charge in [-0.05, 0) is 66.7 Å². The molecular formula is C29H32F3N5O3S. The zero-order chi connectivity index (χ0) is 29.4. The Kier molecular flexibility index (Phi) is 7.89. The molecule has 1 unspecified atom stereocenters. The van der Waals surface area contributed by atoms with Crippen LogP contribution in [0.1, 0.15) is 23.6 Å². The lowest BCUT2D eigenvalue weighted by Crippen LogP contribution is -2.44. The van der Waals surface area contributed by atoms with Crippen LogP contribution in [0.4, 0.5) is 24.5 Å². The quantitative estimate of drug-likeness (QED) is 0.390. The first-order valence-corrected chi connectivity index (χ1v) is 14.6. The lowest BCUT2D eigenvalue weighted by atomic mass is 9.98. The second-order valence-corrected chi connectivity index (χ2v) is 12.2. The minimum absolute atomic E-state index is 0.183. The molecular weight excluding hydrogens is 555 g/mol. The van der Waals surface area contributed by atoms with Gasteiger partial charge in [0.05, 0.1) is 16.6 Å². The monoisotopic (exact) mass is 587 g/mol. The number of hydrogen-bond donors (Lipinski definition) is 0. The summed E-state index contributed by atoms with van der Waals surface area (Å²) in [5, 5.41) is 4.58. The second-order valence-electron chi connectivity index (χ2n) is 10.4. The van der Waals surface area contributed by atoms with Crippen LogP contribution in [-0.2, 0) is 10.0 Å². The Morgan fingerprint density at radius 2 is 1.49 bits per heavy atom. The maximum Gasteiger partial charge on any atom is 0.573 e. The third-order valence-electron chi connectivity index (χ3n) is 7.34. The van der Waals surface area contributed by atoms with Crippen LogP contribution in [0, 0.1) is 0 Å². The number of alkyl halides is 3. The van der Waals surface area contributed by atoms with Crippen LogP contribution in [0.25, 0.3) is 0 Å². The third-order valence-corrected chi connectivity index (χ3v) is 9.03. The molecule has 5 rings (SSSR count). The maximum absolute atomic E-state index is 13.8. The Morgan fingerprint density at radius 1 is 0.878 bits per heavy atom. The number of likely N-dealkylation sites (N-methyl/N-ethyl adjacent to an activating group) is 1. The van der Waals surface area contributed by atoms with Crippen LogP contribution >= 0.6 is 0 Å². The molecule has 0 N–H and O–H groups in total. The van der Waals surface area contributed by atoms with Gasteiger partial charge in [0.25, 0.3) is 10.0 Å². The topological polar surface area (TPSA) is 68.7 Å². The Morgan fingerprint density at radius 3 is 2.05 bits per heavy atom. The lowest BCUT2D eigenvalue weighted by molar-refractivity contribution is -0.274. The molecule has 0 bridgehead atoms. The maximum atomic E-state index is 13.8. The normalized spacial score (nSPS) is 18.4. The molecule has 1 saturated heterocycles. The number of anilines is 2. The van der Waals surface area contributed by atoms with Gasteiger partial charge in [0.15, 0.2) is 0 Å². The highest BCUT2D eigenvalue weighted by molar-refractivity contribution is 7.89. The summed E-state index contributed by atoms with van der Waals surface area (Å²) in [6.45, 7) is 3.83. The molecule has 41 heavy (non-hydrogen) atoms. The summed E-state index contributed by atoms with van der Waals surface area (Å²) in [6.07, 6.45) is -4.54. The molecule has 2 aliphatic rings. The molecule has 218 valence electrons. The summed E-state index contributed by atoms with van der Waals surface area (Å²) in [7, 11) is 1.73. The molecule has 2 aliphatic heterocycles. The highest BCUT2D eigenvalue weighted by Gasteiger charge is 2.38. The number of piperazine rings is 1. The Bertz CT molecular complexity index is 1480. The van der Waals surface area contributed by atoms with Crippen molar-refractivity contribution in [2.75, 3.05) is 57.1 Å². The molecule has 0 aromatic heterocycles. The van der Waals surface area contributed by atoms with Gasteiger partial charge in [0.1, 0.15) is 5.75 Å². The van der Waals surface area contributed by atoms with E-state index < -0.39 is 28.2 Å². The standard InChI is InChI=1S/C29H32F3N5O3S/c1-34(2)23-8-6-22(7-9-23)28-20-27(21-4-10-24(11-5-21)36-18-16-35(3)17-19-36)33-37(28)41(38,39)26-14-12-25(13-15-26)40-29(30,31)32/h4-15,28H,16-20H2,1-3H3. The number of rotatable bonds is 7. The fraction of sp³-hybridized carbons (Fsp3) is 0.345. The molecule has 1 atom stereocenters. The van der Waals surface area contributed by atoms with Crippen molar-refractivity contribution < 1.29 is 26.3 Å². The van der Waals surface area contributed by atoms with Crippen LogP contribution in [0.15, 0.2) is 82.8 Å². The molecule has 0 radical (unpaired) electrons. The molecule has 2 heterocycles. The smallest absolute Gasteiger partial charge is 0.406 e. The van der Waals surface area contributed by atoms with Gasteiger partial charge in [-0.15, -0.1) is 13.2 Å². The van der Waals surface area contributed by atoms with Crippen LogP contribution < -0.4 is 14.5 Å². The summed E-state index contributed by atoms with van der Waals surface area (Å²) in [6, 6.07) is 19.1. The minimum Gasteiger partial charge on any atom is -0.406 e. The van der Waals surface area contributed by atoms with E-state index in [4.69, 9.17) is 0 Å². The van der Waals surface area contributed by atoms with Crippen LogP contribution in [0.3, 0.4) is 0 Å². The van der Waals surface area contributed by atoms with Crippen molar-refractivity contribution in [1.82, 2.24) is 9.31 Å². The first-order chi connectivity index (χ1) is 19.4. The fourth-order valence-corrected chi connectivity index (χ4v) is 6.41. The highest BCUT2D eigenvalue weighted by Crippen LogP contribution is 2.38. The molecule has 3 aromatic carbocycles. The molecule has 0 spiro atoms. The largest absolute Gasteiger partial charge is 0.573 e.